The summed E-state index contributed by atoms with van der Waals surface area (Å²) in [5.74, 6) is -11.0. The number of nitrogens with zero attached hydrogens (tertiary/aromatic N) is 2. The molecule has 0 spiro atoms. The number of nitrogens with one attached hydrogen (secondary N) is 8. The third-order valence-corrected chi connectivity index (χ3v) is 15.8. The van der Waals surface area contributed by atoms with Gasteiger partial charge in [-0.1, -0.05) is 51.9 Å². The van der Waals surface area contributed by atoms with E-state index < -0.39 is 133 Å². The number of carbonyl (C=O) groups is 10. The summed E-state index contributed by atoms with van der Waals surface area (Å²) < 4.78 is 0. The molecule has 0 saturated carbocycles. The van der Waals surface area contributed by atoms with Gasteiger partial charge in [0.1, 0.15) is 54.1 Å². The summed E-state index contributed by atoms with van der Waals surface area (Å²) in [6.07, 6.45) is 1.22. The molecule has 442 valence electrons. The van der Waals surface area contributed by atoms with Crippen molar-refractivity contribution in [3.05, 3.63) is 65.9 Å². The Morgan fingerprint density at radius 1 is 0.667 bits per heavy atom. The first-order valence-corrected chi connectivity index (χ1v) is 28.7. The summed E-state index contributed by atoms with van der Waals surface area (Å²) in [6.45, 7) is -0.811. The van der Waals surface area contributed by atoms with Crippen molar-refractivity contribution in [2.45, 2.75) is 125 Å². The van der Waals surface area contributed by atoms with E-state index >= 15 is 0 Å². The molecule has 1 aromatic heterocycles. The molecule has 20 N–H and O–H groups in total. The fourth-order valence-electron chi connectivity index (χ4n) is 8.96. The van der Waals surface area contributed by atoms with Gasteiger partial charge in [0.25, 0.3) is 0 Å². The molecule has 0 bridgehead atoms. The van der Waals surface area contributed by atoms with Crippen LogP contribution in [0.1, 0.15) is 68.9 Å². The standard InChI is InChI=1S/C51H72N14O14S2/c52-18-4-3-9-33-43(71)62-37(22-28-23-57-32-8-2-1-7-30(28)32)46(74)61-36(21-27-12-14-29(67)15-13-27)45(73)60-35(10-5-19-56-51(54)55)49(77)65-20-6-11-40(65)48(76)63-38(24-66)47(75)59-34(16-17-41(68)69)44(72)64-39(50(78)79)26-81-80-25-31(53)42(70)58-33/h1-2,7-8,12-15,23,31,33-40,57,66-67H,3-6,9-11,16-22,24-26,52-53H2,(H,58,70)(H,59,75)(H,60,73)(H,61,74)(H,62,71)(H,63,76)(H,64,72)(H,68,69)(H,78,79)(H4,54,55,56)/t31-,33-,34-,35-,36-,37-,38-,39-,40-/m0/s1. The number of hydrogen-bond acceptors (Lipinski definition) is 17. The first-order valence-electron chi connectivity index (χ1n) is 26.3. The number of aromatic nitrogens is 1. The number of aliphatic imine (C=N–C) groups is 1. The molecule has 0 unspecified atom stereocenters. The van der Waals surface area contributed by atoms with Crippen molar-refractivity contribution in [1.82, 2.24) is 47.1 Å². The number of fused-ring (bicyclic) bond motifs is 2. The molecule has 81 heavy (non-hydrogen) atoms. The molecule has 2 aromatic carbocycles. The highest BCUT2D eigenvalue weighted by atomic mass is 33.1. The number of unbranched alkanes of at least 4 members (excludes halogenated alkanes) is 1. The van der Waals surface area contributed by atoms with Crippen molar-refractivity contribution in [3.8, 4) is 5.75 Å². The Bertz CT molecular complexity index is 2730. The van der Waals surface area contributed by atoms with Gasteiger partial charge in [-0.2, -0.15) is 0 Å². The van der Waals surface area contributed by atoms with Crippen LogP contribution in [0, 0.1) is 0 Å². The number of aliphatic hydroxyl groups excluding tert-OH is 1. The fraction of sp³-hybridized carbons (Fsp3) is 0.510. The largest absolute Gasteiger partial charge is 0.508 e. The van der Waals surface area contributed by atoms with Crippen molar-refractivity contribution < 1.29 is 68.4 Å². The van der Waals surface area contributed by atoms with Crippen LogP contribution in [0.3, 0.4) is 0 Å². The molecule has 2 saturated heterocycles. The maximum absolute atomic E-state index is 14.9. The minimum absolute atomic E-state index is 0.00204. The Morgan fingerprint density at radius 2 is 1.25 bits per heavy atom. The maximum atomic E-state index is 14.9. The maximum Gasteiger partial charge on any atom is 0.327 e. The highest BCUT2D eigenvalue weighted by Crippen LogP contribution is 2.25. The third-order valence-electron chi connectivity index (χ3n) is 13.3. The predicted octanol–water partition coefficient (Wildman–Crippen LogP) is -3.11. The summed E-state index contributed by atoms with van der Waals surface area (Å²) in [6, 6.07) is -0.332. The molecule has 2 aliphatic rings. The average Bonchev–Trinajstić information content (AvgIpc) is 4.20. The van der Waals surface area contributed by atoms with Gasteiger partial charge in [0.15, 0.2) is 5.96 Å². The number of carboxylic acid groups (broad SMARTS) is 2. The summed E-state index contributed by atoms with van der Waals surface area (Å²) in [5, 5.41) is 58.6. The second kappa shape index (κ2) is 31.9. The van der Waals surface area contributed by atoms with E-state index in [9.17, 15) is 68.4 Å². The number of aromatic amines is 1. The number of rotatable bonds is 17. The number of benzene rings is 2. The van der Waals surface area contributed by atoms with Crippen molar-refractivity contribution in [1.29, 1.82) is 0 Å². The topological polar surface area (TPSA) is 471 Å². The molecule has 0 radical (unpaired) electrons. The van der Waals surface area contributed by atoms with Crippen LogP contribution >= 0.6 is 21.6 Å². The van der Waals surface area contributed by atoms with Crippen LogP contribution in [0.15, 0.2) is 59.7 Å². The first-order chi connectivity index (χ1) is 38.7. The summed E-state index contributed by atoms with van der Waals surface area (Å²) >= 11 is 0. The quantitative estimate of drug-likeness (QED) is 0.0275. The Labute approximate surface area is 473 Å². The van der Waals surface area contributed by atoms with Crippen LogP contribution < -0.4 is 60.2 Å². The van der Waals surface area contributed by atoms with Gasteiger partial charge >= 0.3 is 11.9 Å². The summed E-state index contributed by atoms with van der Waals surface area (Å²) in [7, 11) is 1.86. The van der Waals surface area contributed by atoms with Crippen molar-refractivity contribution in [3.63, 3.8) is 0 Å². The van der Waals surface area contributed by atoms with E-state index in [2.05, 4.69) is 47.2 Å². The lowest BCUT2D eigenvalue weighted by molar-refractivity contribution is -0.143. The molecule has 3 heterocycles. The number of carboxylic acids is 2. The highest BCUT2D eigenvalue weighted by molar-refractivity contribution is 8.76. The smallest absolute Gasteiger partial charge is 0.327 e. The van der Waals surface area contributed by atoms with Crippen LogP contribution in [0.25, 0.3) is 10.9 Å². The second-order valence-corrected chi connectivity index (χ2v) is 22.0. The van der Waals surface area contributed by atoms with E-state index in [1.165, 1.54) is 29.2 Å². The van der Waals surface area contributed by atoms with E-state index in [-0.39, 0.29) is 87.8 Å². The van der Waals surface area contributed by atoms with Gasteiger partial charge < -0.3 is 90.5 Å². The zero-order valence-corrected chi connectivity index (χ0v) is 45.9. The van der Waals surface area contributed by atoms with Gasteiger partial charge in [-0.25, -0.2) is 4.79 Å². The first kappa shape index (κ1) is 64.2. The third kappa shape index (κ3) is 19.8. The van der Waals surface area contributed by atoms with Crippen molar-refractivity contribution in [2.24, 2.45) is 27.9 Å². The lowest BCUT2D eigenvalue weighted by atomic mass is 10.0. The minimum Gasteiger partial charge on any atom is -0.508 e. The highest BCUT2D eigenvalue weighted by Gasteiger charge is 2.41. The molecule has 8 amide bonds. The SMILES string of the molecule is NCCCC[C@@H]1NC(=O)[C@@H](N)CSSC[C@@H](C(=O)O)NC(=O)[C@H](CCC(=O)O)NC(=O)[C@H](CO)NC(=O)[C@@H]2CCCN2C(=O)[C@H](CCCN=C(N)N)NC(=O)[C@H](Cc2ccc(O)cc2)NC(=O)[C@H](Cc2c[nH]c3ccccc23)NC1=O. The van der Waals surface area contributed by atoms with E-state index in [1.54, 1.807) is 18.3 Å². The van der Waals surface area contributed by atoms with Gasteiger partial charge in [0, 0.05) is 61.0 Å². The Morgan fingerprint density at radius 3 is 1.91 bits per heavy atom. The van der Waals surface area contributed by atoms with Gasteiger partial charge in [-0.05, 0) is 87.2 Å². The Balaban J connectivity index is 1.57. The van der Waals surface area contributed by atoms with Crippen molar-refractivity contribution >= 4 is 97.6 Å². The molecule has 2 aliphatic heterocycles. The number of guanidine groups is 1. The molecule has 3 aromatic rings. The molecule has 9 atom stereocenters. The monoisotopic (exact) mass is 1170 g/mol. The van der Waals surface area contributed by atoms with E-state index in [0.717, 1.165) is 27.1 Å². The van der Waals surface area contributed by atoms with Gasteiger partial charge in [0.05, 0.1) is 12.6 Å². The number of aromatic hydroxyl groups is 1. The molecular weight excluding hydrogens is 1100 g/mol. The number of nitrogens with two attached hydrogens (primary N) is 4. The number of hydrogen-bond donors (Lipinski definition) is 16. The molecule has 5 rings (SSSR count). The summed E-state index contributed by atoms with van der Waals surface area (Å²) in [5.41, 5.74) is 25.0. The van der Waals surface area contributed by atoms with Crippen LogP contribution in [0.2, 0.25) is 0 Å². The Kier molecular flexibility index (Phi) is 25.3. The van der Waals surface area contributed by atoms with Crippen LogP contribution in [-0.4, -0.2) is 188 Å². The minimum atomic E-state index is -1.78. The van der Waals surface area contributed by atoms with Crippen LogP contribution in [0.4, 0.5) is 0 Å². The van der Waals surface area contributed by atoms with Gasteiger partial charge in [-0.15, -0.1) is 0 Å². The lowest BCUT2D eigenvalue weighted by Crippen LogP contribution is -2.61. The normalized spacial score (nSPS) is 24.6. The van der Waals surface area contributed by atoms with Crippen LogP contribution in [0.5, 0.6) is 5.75 Å². The number of aliphatic carboxylic acids is 2. The lowest BCUT2D eigenvalue weighted by Gasteiger charge is -2.31. The molecule has 30 heteroatoms. The predicted molar refractivity (Wildman–Crippen MR) is 299 cm³/mol. The number of phenolic OH excluding ortho intramolecular Hbond substituents is 1. The van der Waals surface area contributed by atoms with Gasteiger partial charge in [-0.3, -0.25) is 48.1 Å². The molecule has 0 aliphatic carbocycles. The van der Waals surface area contributed by atoms with Crippen molar-refractivity contribution in [2.75, 3.05) is 37.7 Å². The number of phenols is 1. The van der Waals surface area contributed by atoms with E-state index in [0.29, 0.717) is 29.4 Å². The number of aliphatic hydroxyl groups is 1. The van der Waals surface area contributed by atoms with Gasteiger partial charge in [0.2, 0.25) is 47.3 Å². The number of carbonyl (C=O) groups excluding carboxylic acids is 8. The number of H-pyrrole nitrogens is 1. The molecular formula is C51H72N14O14S2. The molecule has 28 nitrogen and oxygen atoms in total. The van der Waals surface area contributed by atoms with E-state index in [4.69, 9.17) is 22.9 Å². The second-order valence-electron chi connectivity index (χ2n) is 19.4. The van der Waals surface area contributed by atoms with Crippen LogP contribution in [-0.2, 0) is 60.8 Å². The summed E-state index contributed by atoms with van der Waals surface area (Å²) in [4.78, 5) is 146. The van der Waals surface area contributed by atoms with E-state index in [1.807, 2.05) is 12.1 Å². The number of amides is 8. The zero-order chi connectivity index (χ0) is 59.2. The zero-order valence-electron chi connectivity index (χ0n) is 44.3. The average molecular weight is 1170 g/mol. The fourth-order valence-corrected chi connectivity index (χ4v) is 11.2. The Hall–Kier alpha value is -7.67. The molecule has 2 fully saturated rings. The number of para-hydroxylation sites is 1.